The third kappa shape index (κ3) is 2.91. The van der Waals surface area contributed by atoms with Crippen LogP contribution in [0.1, 0.15) is 21.5 Å². The molecule has 3 nitrogen and oxygen atoms in total. The van der Waals surface area contributed by atoms with Crippen LogP contribution in [0.4, 0.5) is 8.78 Å². The maximum atomic E-state index is 12.1. The van der Waals surface area contributed by atoms with Crippen LogP contribution in [0.25, 0.3) is 0 Å². The van der Waals surface area contributed by atoms with Gasteiger partial charge in [-0.3, -0.25) is 0 Å². The van der Waals surface area contributed by atoms with E-state index in [4.69, 9.17) is 5.11 Å². The van der Waals surface area contributed by atoms with Crippen molar-refractivity contribution in [2.75, 3.05) is 0 Å². The van der Waals surface area contributed by atoms with Crippen LogP contribution in [-0.4, -0.2) is 17.7 Å². The molecule has 1 aromatic rings. The van der Waals surface area contributed by atoms with Crippen molar-refractivity contribution >= 4 is 21.9 Å². The molecule has 1 rings (SSSR count). The minimum absolute atomic E-state index is 0.264. The van der Waals surface area contributed by atoms with E-state index in [-0.39, 0.29) is 11.3 Å². The minimum atomic E-state index is -3.03. The summed E-state index contributed by atoms with van der Waals surface area (Å²) in [5.74, 6) is -1.61. The molecule has 0 aliphatic rings. The van der Waals surface area contributed by atoms with Crippen molar-refractivity contribution in [3.8, 4) is 5.75 Å². The summed E-state index contributed by atoms with van der Waals surface area (Å²) < 4.78 is 28.3. The Morgan fingerprint density at radius 3 is 2.62 bits per heavy atom. The lowest BCUT2D eigenvalue weighted by molar-refractivity contribution is -0.0503. The lowest BCUT2D eigenvalue weighted by Crippen LogP contribution is -2.08. The zero-order chi connectivity index (χ0) is 12.3. The van der Waals surface area contributed by atoms with E-state index >= 15 is 0 Å². The molecular formula is C10H9BrF2O3. The third-order valence-corrected chi connectivity index (χ3v) is 2.63. The Bertz CT molecular complexity index is 407. The van der Waals surface area contributed by atoms with E-state index in [0.717, 1.165) is 5.56 Å². The molecule has 0 spiro atoms. The lowest BCUT2D eigenvalue weighted by Gasteiger charge is -2.11. The summed E-state index contributed by atoms with van der Waals surface area (Å²) in [4.78, 5) is 10.8. The SMILES string of the molecule is Cc1cc(OC(F)F)c(C(=O)O)cc1CBr. The number of hydrogen-bond donors (Lipinski definition) is 1. The molecule has 1 aromatic carbocycles. The number of carbonyl (C=O) groups is 1. The third-order valence-electron chi connectivity index (χ3n) is 2.03. The molecule has 0 bridgehead atoms. The van der Waals surface area contributed by atoms with Crippen LogP contribution in [0.15, 0.2) is 12.1 Å². The molecule has 0 aromatic heterocycles. The van der Waals surface area contributed by atoms with Gasteiger partial charge in [0.2, 0.25) is 0 Å². The molecule has 88 valence electrons. The van der Waals surface area contributed by atoms with Crippen molar-refractivity contribution in [1.82, 2.24) is 0 Å². The number of alkyl halides is 3. The Labute approximate surface area is 99.2 Å². The first-order valence-corrected chi connectivity index (χ1v) is 5.45. The number of rotatable bonds is 4. The Balaban J connectivity index is 3.24. The van der Waals surface area contributed by atoms with E-state index in [9.17, 15) is 13.6 Å². The Morgan fingerprint density at radius 2 is 2.19 bits per heavy atom. The highest BCUT2D eigenvalue weighted by molar-refractivity contribution is 9.08. The van der Waals surface area contributed by atoms with Gasteiger partial charge in [-0.1, -0.05) is 15.9 Å². The first kappa shape index (κ1) is 12.9. The van der Waals surface area contributed by atoms with Crippen LogP contribution in [0.3, 0.4) is 0 Å². The highest BCUT2D eigenvalue weighted by atomic mass is 79.9. The van der Waals surface area contributed by atoms with Crippen LogP contribution in [0, 0.1) is 6.92 Å². The van der Waals surface area contributed by atoms with E-state index in [2.05, 4.69) is 20.7 Å². The second kappa shape index (κ2) is 5.25. The van der Waals surface area contributed by atoms with Gasteiger partial charge in [-0.05, 0) is 30.2 Å². The maximum Gasteiger partial charge on any atom is 0.387 e. The molecule has 0 saturated carbocycles. The van der Waals surface area contributed by atoms with Gasteiger partial charge in [0.15, 0.2) is 0 Å². The van der Waals surface area contributed by atoms with Gasteiger partial charge in [-0.25, -0.2) is 4.79 Å². The molecule has 0 aliphatic carbocycles. The number of aryl methyl sites for hydroxylation is 1. The Morgan fingerprint density at radius 1 is 1.56 bits per heavy atom. The summed E-state index contributed by atoms with van der Waals surface area (Å²) in [6.07, 6.45) is 0. The first-order chi connectivity index (χ1) is 7.45. The monoisotopic (exact) mass is 294 g/mol. The van der Waals surface area contributed by atoms with E-state index in [0.29, 0.717) is 10.9 Å². The largest absolute Gasteiger partial charge is 0.478 e. The number of halogens is 3. The predicted molar refractivity (Wildman–Crippen MR) is 57.4 cm³/mol. The van der Waals surface area contributed by atoms with Crippen molar-refractivity contribution < 1.29 is 23.4 Å². The zero-order valence-electron chi connectivity index (χ0n) is 8.34. The number of benzene rings is 1. The summed E-state index contributed by atoms with van der Waals surface area (Å²) in [5, 5.41) is 9.30. The van der Waals surface area contributed by atoms with Gasteiger partial charge in [0.05, 0.1) is 0 Å². The Kier molecular flexibility index (Phi) is 4.23. The van der Waals surface area contributed by atoms with E-state index in [1.165, 1.54) is 12.1 Å². The normalized spacial score (nSPS) is 10.6. The summed E-state index contributed by atoms with van der Waals surface area (Å²) in [5.41, 5.74) is 1.15. The van der Waals surface area contributed by atoms with Crippen LogP contribution in [0.2, 0.25) is 0 Å². The van der Waals surface area contributed by atoms with Crippen LogP contribution >= 0.6 is 15.9 Å². The molecule has 0 fully saturated rings. The molecule has 0 radical (unpaired) electrons. The van der Waals surface area contributed by atoms with E-state index in [1.54, 1.807) is 6.92 Å². The van der Waals surface area contributed by atoms with Crippen molar-refractivity contribution in [1.29, 1.82) is 0 Å². The second-order valence-corrected chi connectivity index (χ2v) is 3.65. The smallest absolute Gasteiger partial charge is 0.387 e. The number of carboxylic acid groups (broad SMARTS) is 1. The molecule has 1 N–H and O–H groups in total. The average Bonchev–Trinajstić information content (AvgIpc) is 2.16. The van der Waals surface area contributed by atoms with Crippen LogP contribution in [-0.2, 0) is 5.33 Å². The van der Waals surface area contributed by atoms with Gasteiger partial charge in [0.1, 0.15) is 11.3 Å². The highest BCUT2D eigenvalue weighted by Crippen LogP contribution is 2.26. The lowest BCUT2D eigenvalue weighted by atomic mass is 10.1. The molecular weight excluding hydrogens is 286 g/mol. The quantitative estimate of drug-likeness (QED) is 0.868. The van der Waals surface area contributed by atoms with E-state index < -0.39 is 12.6 Å². The fourth-order valence-electron chi connectivity index (χ4n) is 1.23. The highest BCUT2D eigenvalue weighted by Gasteiger charge is 2.17. The van der Waals surface area contributed by atoms with Gasteiger partial charge in [-0.2, -0.15) is 8.78 Å². The van der Waals surface area contributed by atoms with Crippen LogP contribution < -0.4 is 4.74 Å². The number of ether oxygens (including phenoxy) is 1. The number of carboxylic acids is 1. The van der Waals surface area contributed by atoms with E-state index in [1.807, 2.05) is 0 Å². The van der Waals surface area contributed by atoms with Gasteiger partial charge in [-0.15, -0.1) is 0 Å². The summed E-state index contributed by atoms with van der Waals surface area (Å²) in [6, 6.07) is 2.62. The van der Waals surface area contributed by atoms with Gasteiger partial charge in [0.25, 0.3) is 0 Å². The number of aromatic carboxylic acids is 1. The summed E-state index contributed by atoms with van der Waals surface area (Å²) in [6.45, 7) is -1.34. The average molecular weight is 295 g/mol. The molecule has 0 saturated heterocycles. The summed E-state index contributed by atoms with van der Waals surface area (Å²) in [7, 11) is 0. The molecule has 0 heterocycles. The molecule has 16 heavy (non-hydrogen) atoms. The fourth-order valence-corrected chi connectivity index (χ4v) is 1.83. The molecule has 6 heteroatoms. The maximum absolute atomic E-state index is 12.1. The van der Waals surface area contributed by atoms with Crippen molar-refractivity contribution in [2.45, 2.75) is 18.9 Å². The zero-order valence-corrected chi connectivity index (χ0v) is 9.92. The molecule has 0 unspecified atom stereocenters. The fraction of sp³-hybridized carbons (Fsp3) is 0.300. The predicted octanol–water partition coefficient (Wildman–Crippen LogP) is 3.19. The van der Waals surface area contributed by atoms with Crippen molar-refractivity contribution in [2.24, 2.45) is 0 Å². The van der Waals surface area contributed by atoms with Gasteiger partial charge in [0, 0.05) is 5.33 Å². The number of hydrogen-bond acceptors (Lipinski definition) is 2. The van der Waals surface area contributed by atoms with Crippen LogP contribution in [0.5, 0.6) is 5.75 Å². The molecule has 0 aliphatic heterocycles. The first-order valence-electron chi connectivity index (χ1n) is 4.33. The van der Waals surface area contributed by atoms with Gasteiger partial charge < -0.3 is 9.84 Å². The standard InChI is InChI=1S/C10H9BrF2O3/c1-5-2-8(16-10(12)13)7(9(14)15)3-6(5)4-11/h2-3,10H,4H2,1H3,(H,14,15). The topological polar surface area (TPSA) is 46.5 Å². The summed E-state index contributed by atoms with van der Waals surface area (Å²) >= 11 is 3.19. The minimum Gasteiger partial charge on any atom is -0.478 e. The van der Waals surface area contributed by atoms with Crippen molar-refractivity contribution in [3.05, 3.63) is 28.8 Å². The second-order valence-electron chi connectivity index (χ2n) is 3.09. The van der Waals surface area contributed by atoms with Gasteiger partial charge >= 0.3 is 12.6 Å². The van der Waals surface area contributed by atoms with Crippen molar-refractivity contribution in [3.63, 3.8) is 0 Å². The Hall–Kier alpha value is -1.17. The molecule has 0 atom stereocenters. The molecule has 0 amide bonds.